The van der Waals surface area contributed by atoms with Gasteiger partial charge in [-0.3, -0.25) is 0 Å². The maximum atomic E-state index is 12.7. The van der Waals surface area contributed by atoms with Crippen LogP contribution in [0, 0.1) is 0 Å². The van der Waals surface area contributed by atoms with Crippen LogP contribution in [0.1, 0.15) is 11.8 Å². The molecule has 1 unspecified atom stereocenters. The van der Waals surface area contributed by atoms with Gasteiger partial charge in [0.2, 0.25) is 0 Å². The minimum Gasteiger partial charge on any atom is -0.458 e. The summed E-state index contributed by atoms with van der Waals surface area (Å²) in [5, 5.41) is 1.09. The zero-order chi connectivity index (χ0) is 15.6. The highest BCUT2D eigenvalue weighted by molar-refractivity contribution is 6.34. The third kappa shape index (κ3) is 3.66. The van der Waals surface area contributed by atoms with Crippen molar-refractivity contribution in [3.05, 3.63) is 35.0 Å². The second-order valence-electron chi connectivity index (χ2n) is 4.49. The molecule has 2 aromatic rings. The molecule has 1 aromatic carbocycles. The Balaban J connectivity index is 1.99. The molecule has 2 N–H and O–H groups in total. The Morgan fingerprint density at radius 3 is 2.67 bits per heavy atom. The molecule has 0 aliphatic carbocycles. The summed E-state index contributed by atoms with van der Waals surface area (Å²) in [4.78, 5) is 0. The van der Waals surface area contributed by atoms with E-state index in [4.69, 9.17) is 21.8 Å². The van der Waals surface area contributed by atoms with E-state index in [0.29, 0.717) is 16.0 Å². The summed E-state index contributed by atoms with van der Waals surface area (Å²) >= 11 is 5.93. The monoisotopic (exact) mass is 325 g/mol. The molecule has 2 rings (SSSR count). The Kier molecular flexibility index (Phi) is 4.75. The molecule has 116 valence electrons. The summed E-state index contributed by atoms with van der Waals surface area (Å²) < 4.78 is 59.2. The Hall–Kier alpha value is -1.31. The van der Waals surface area contributed by atoms with E-state index in [-0.39, 0.29) is 12.4 Å². The van der Waals surface area contributed by atoms with E-state index in [2.05, 4.69) is 4.74 Å². The molecule has 0 saturated heterocycles. The van der Waals surface area contributed by atoms with Crippen LogP contribution in [0.5, 0.6) is 0 Å². The van der Waals surface area contributed by atoms with Gasteiger partial charge in [0, 0.05) is 5.39 Å². The fourth-order valence-electron chi connectivity index (χ4n) is 1.70. The van der Waals surface area contributed by atoms with Crippen molar-refractivity contribution >= 4 is 22.6 Å². The van der Waals surface area contributed by atoms with Crippen molar-refractivity contribution in [2.24, 2.45) is 5.73 Å². The third-order valence-electron chi connectivity index (χ3n) is 2.79. The van der Waals surface area contributed by atoms with Crippen LogP contribution in [0.2, 0.25) is 5.02 Å². The van der Waals surface area contributed by atoms with Crippen LogP contribution < -0.4 is 5.73 Å². The van der Waals surface area contributed by atoms with Crippen molar-refractivity contribution in [2.45, 2.75) is 18.4 Å². The molecule has 1 aromatic heterocycles. The number of hydrogen-bond donors (Lipinski definition) is 1. The highest BCUT2D eigenvalue weighted by Crippen LogP contribution is 2.29. The van der Waals surface area contributed by atoms with E-state index in [0.717, 1.165) is 0 Å². The molecule has 3 nitrogen and oxygen atoms in total. The molecule has 0 aliphatic heterocycles. The average molecular weight is 326 g/mol. The van der Waals surface area contributed by atoms with Gasteiger partial charge >= 0.3 is 12.3 Å². The second-order valence-corrected chi connectivity index (χ2v) is 4.90. The van der Waals surface area contributed by atoms with E-state index >= 15 is 0 Å². The lowest BCUT2D eigenvalue weighted by atomic mass is 10.2. The number of halogens is 5. The summed E-state index contributed by atoms with van der Waals surface area (Å²) in [6.07, 6.45) is -3.78. The van der Waals surface area contributed by atoms with Gasteiger partial charge in [-0.2, -0.15) is 8.78 Å². The maximum Gasteiger partial charge on any atom is 0.330 e. The van der Waals surface area contributed by atoms with Gasteiger partial charge in [0.25, 0.3) is 0 Å². The fourth-order valence-corrected chi connectivity index (χ4v) is 1.92. The molecule has 0 amide bonds. The molecular formula is C13H12ClF4NO2. The van der Waals surface area contributed by atoms with Crippen molar-refractivity contribution in [3.8, 4) is 0 Å². The molecule has 1 atom stereocenters. The van der Waals surface area contributed by atoms with Crippen molar-refractivity contribution < 1.29 is 26.7 Å². The van der Waals surface area contributed by atoms with Crippen LogP contribution in [-0.4, -0.2) is 25.6 Å². The summed E-state index contributed by atoms with van der Waals surface area (Å²) in [6.45, 7) is -1.78. The lowest BCUT2D eigenvalue weighted by Gasteiger charge is -2.16. The standard InChI is InChI=1S/C13H12ClF4NO2/c14-8-3-1-2-7-4-10(21-11(7)8)9(19)5-20-6-13(17,18)12(15)16/h1-4,9,12H,5-6,19H2. The molecule has 0 aliphatic rings. The largest absolute Gasteiger partial charge is 0.458 e. The van der Waals surface area contributed by atoms with E-state index < -0.39 is 25.0 Å². The Labute approximate surface area is 122 Å². The predicted octanol–water partition coefficient (Wildman–Crippen LogP) is 4.00. The molecule has 0 radical (unpaired) electrons. The number of nitrogens with two attached hydrogens (primary N) is 1. The number of benzene rings is 1. The minimum absolute atomic E-state index is 0.276. The molecule has 21 heavy (non-hydrogen) atoms. The Morgan fingerprint density at radius 2 is 2.05 bits per heavy atom. The molecule has 0 bridgehead atoms. The predicted molar refractivity (Wildman–Crippen MR) is 69.9 cm³/mol. The summed E-state index contributed by atoms with van der Waals surface area (Å²) in [6, 6.07) is 5.83. The third-order valence-corrected chi connectivity index (χ3v) is 3.09. The lowest BCUT2D eigenvalue weighted by Crippen LogP contribution is -2.33. The molecule has 0 spiro atoms. The first-order valence-electron chi connectivity index (χ1n) is 5.98. The lowest BCUT2D eigenvalue weighted by molar-refractivity contribution is -0.166. The van der Waals surface area contributed by atoms with Crippen LogP contribution >= 0.6 is 11.6 Å². The first-order chi connectivity index (χ1) is 9.81. The van der Waals surface area contributed by atoms with Crippen molar-refractivity contribution in [1.82, 2.24) is 0 Å². The number of alkyl halides is 4. The van der Waals surface area contributed by atoms with Crippen LogP contribution in [0.25, 0.3) is 11.0 Å². The smallest absolute Gasteiger partial charge is 0.330 e. The van der Waals surface area contributed by atoms with Crippen molar-refractivity contribution in [1.29, 1.82) is 0 Å². The van der Waals surface area contributed by atoms with Gasteiger partial charge in [-0.15, -0.1) is 0 Å². The number of para-hydroxylation sites is 1. The summed E-state index contributed by atoms with van der Waals surface area (Å²) in [5.74, 6) is -3.92. The highest BCUT2D eigenvalue weighted by Gasteiger charge is 2.41. The van der Waals surface area contributed by atoms with E-state index in [1.807, 2.05) is 0 Å². The van der Waals surface area contributed by atoms with E-state index in [9.17, 15) is 17.6 Å². The van der Waals surface area contributed by atoms with Crippen LogP contribution in [0.15, 0.2) is 28.7 Å². The van der Waals surface area contributed by atoms with Gasteiger partial charge in [-0.05, 0) is 12.1 Å². The number of rotatable bonds is 6. The number of fused-ring (bicyclic) bond motifs is 1. The highest BCUT2D eigenvalue weighted by atomic mass is 35.5. The first kappa shape index (κ1) is 16.1. The Bertz CT molecular complexity index is 617. The average Bonchev–Trinajstić information content (AvgIpc) is 2.83. The van der Waals surface area contributed by atoms with Gasteiger partial charge in [0.15, 0.2) is 5.58 Å². The van der Waals surface area contributed by atoms with E-state index in [1.54, 1.807) is 24.3 Å². The molecule has 0 saturated carbocycles. The Morgan fingerprint density at radius 1 is 1.33 bits per heavy atom. The second kappa shape index (κ2) is 6.21. The number of hydrogen-bond acceptors (Lipinski definition) is 3. The van der Waals surface area contributed by atoms with Crippen LogP contribution in [0.3, 0.4) is 0 Å². The van der Waals surface area contributed by atoms with Gasteiger partial charge in [-0.1, -0.05) is 23.7 Å². The van der Waals surface area contributed by atoms with Crippen LogP contribution in [0.4, 0.5) is 17.6 Å². The minimum atomic E-state index is -4.20. The zero-order valence-electron chi connectivity index (χ0n) is 10.7. The van der Waals surface area contributed by atoms with Crippen LogP contribution in [-0.2, 0) is 4.74 Å². The van der Waals surface area contributed by atoms with Gasteiger partial charge in [-0.25, -0.2) is 8.78 Å². The first-order valence-corrected chi connectivity index (χ1v) is 6.36. The topological polar surface area (TPSA) is 48.4 Å². The molecule has 0 fully saturated rings. The normalized spacial score (nSPS) is 14.0. The SMILES string of the molecule is NC(COCC(F)(F)C(F)F)c1cc2cccc(Cl)c2o1. The van der Waals surface area contributed by atoms with Crippen molar-refractivity contribution in [3.63, 3.8) is 0 Å². The fraction of sp³-hybridized carbons (Fsp3) is 0.385. The number of furan rings is 1. The van der Waals surface area contributed by atoms with E-state index in [1.165, 1.54) is 0 Å². The summed E-state index contributed by atoms with van der Waals surface area (Å²) in [7, 11) is 0. The summed E-state index contributed by atoms with van der Waals surface area (Å²) in [5.41, 5.74) is 6.14. The molecule has 1 heterocycles. The molecular weight excluding hydrogens is 314 g/mol. The van der Waals surface area contributed by atoms with Crippen molar-refractivity contribution in [2.75, 3.05) is 13.2 Å². The quantitative estimate of drug-likeness (QED) is 0.817. The van der Waals surface area contributed by atoms with Gasteiger partial charge in [0.1, 0.15) is 12.4 Å². The van der Waals surface area contributed by atoms with Gasteiger partial charge < -0.3 is 14.9 Å². The van der Waals surface area contributed by atoms with Gasteiger partial charge in [0.05, 0.1) is 17.7 Å². The zero-order valence-corrected chi connectivity index (χ0v) is 11.4. The number of ether oxygens (including phenoxy) is 1. The maximum absolute atomic E-state index is 12.7. The molecule has 8 heteroatoms.